The van der Waals surface area contributed by atoms with E-state index in [0.717, 1.165) is 37.2 Å². The molecule has 1 aliphatic rings. The van der Waals surface area contributed by atoms with E-state index < -0.39 is 0 Å². The van der Waals surface area contributed by atoms with Crippen molar-refractivity contribution in [3.05, 3.63) is 32.2 Å². The first-order chi connectivity index (χ1) is 12.4. The minimum Gasteiger partial charge on any atom is -0.351 e. The summed E-state index contributed by atoms with van der Waals surface area (Å²) in [7, 11) is 1.63. The number of aryl methyl sites for hydroxylation is 3. The zero-order valence-corrected chi connectivity index (χ0v) is 18.9. The maximum Gasteiger partial charge on any atom is 0.277 e. The quantitative estimate of drug-likeness (QED) is 0.750. The SMILES string of the molecule is Cc1nc(-c2c(C)c(C)nn(C)c2=O)sc1C(=O)NCC1CCCNC1.Cl.Cl. The minimum atomic E-state index is -0.193. The highest BCUT2D eigenvalue weighted by atomic mass is 35.5. The summed E-state index contributed by atoms with van der Waals surface area (Å²) in [6.45, 7) is 8.20. The molecule has 0 aliphatic carbocycles. The number of nitrogens with zero attached hydrogens (tertiary/aromatic N) is 3. The molecule has 0 aromatic carbocycles. The van der Waals surface area contributed by atoms with E-state index in [0.29, 0.717) is 33.6 Å². The van der Waals surface area contributed by atoms with E-state index in [-0.39, 0.29) is 36.3 Å². The second-order valence-corrected chi connectivity index (χ2v) is 7.87. The number of piperidine rings is 1. The van der Waals surface area contributed by atoms with Gasteiger partial charge in [0.25, 0.3) is 11.5 Å². The molecule has 1 unspecified atom stereocenters. The lowest BCUT2D eigenvalue weighted by Gasteiger charge is -2.22. The zero-order valence-electron chi connectivity index (χ0n) is 16.5. The van der Waals surface area contributed by atoms with Crippen LogP contribution in [0.15, 0.2) is 4.79 Å². The Labute approximate surface area is 181 Å². The van der Waals surface area contributed by atoms with Crippen molar-refractivity contribution >= 4 is 42.1 Å². The summed E-state index contributed by atoms with van der Waals surface area (Å²) in [4.78, 5) is 30.2. The van der Waals surface area contributed by atoms with Crippen molar-refractivity contribution < 1.29 is 4.79 Å². The molecule has 2 aromatic rings. The van der Waals surface area contributed by atoms with Crippen LogP contribution < -0.4 is 16.2 Å². The molecule has 1 saturated heterocycles. The fourth-order valence-electron chi connectivity index (χ4n) is 3.23. The van der Waals surface area contributed by atoms with Crippen molar-refractivity contribution in [2.45, 2.75) is 33.6 Å². The predicted octanol–water partition coefficient (Wildman–Crippen LogP) is 2.40. The fourth-order valence-corrected chi connectivity index (χ4v) is 4.31. The number of aromatic nitrogens is 3. The van der Waals surface area contributed by atoms with E-state index in [9.17, 15) is 9.59 Å². The first-order valence-electron chi connectivity index (χ1n) is 8.89. The number of hydrogen-bond donors (Lipinski definition) is 2. The summed E-state index contributed by atoms with van der Waals surface area (Å²) in [5.41, 5.74) is 2.58. The van der Waals surface area contributed by atoms with E-state index in [4.69, 9.17) is 0 Å². The first kappa shape index (κ1) is 24.6. The third kappa shape index (κ3) is 5.11. The molecule has 1 atom stereocenters. The summed E-state index contributed by atoms with van der Waals surface area (Å²) < 4.78 is 1.32. The molecule has 2 N–H and O–H groups in total. The Morgan fingerprint density at radius 2 is 2.00 bits per heavy atom. The van der Waals surface area contributed by atoms with Crippen molar-refractivity contribution in [2.75, 3.05) is 19.6 Å². The van der Waals surface area contributed by atoms with Crippen molar-refractivity contribution in [3.63, 3.8) is 0 Å². The Hall–Kier alpha value is -1.48. The number of hydrogen-bond acceptors (Lipinski definition) is 6. The molecule has 28 heavy (non-hydrogen) atoms. The van der Waals surface area contributed by atoms with Crippen LogP contribution in [0.25, 0.3) is 10.6 Å². The number of carbonyl (C=O) groups excluding carboxylic acids is 1. The lowest BCUT2D eigenvalue weighted by molar-refractivity contribution is 0.0948. The van der Waals surface area contributed by atoms with Gasteiger partial charge in [-0.3, -0.25) is 9.59 Å². The largest absolute Gasteiger partial charge is 0.351 e. The summed E-state index contributed by atoms with van der Waals surface area (Å²) in [6, 6.07) is 0. The molecule has 3 heterocycles. The van der Waals surface area contributed by atoms with Crippen LogP contribution in [-0.2, 0) is 7.05 Å². The smallest absolute Gasteiger partial charge is 0.277 e. The highest BCUT2D eigenvalue weighted by Crippen LogP contribution is 2.28. The zero-order chi connectivity index (χ0) is 18.8. The molecule has 0 spiro atoms. The van der Waals surface area contributed by atoms with Gasteiger partial charge in [0.05, 0.1) is 17.0 Å². The van der Waals surface area contributed by atoms with E-state index in [1.807, 2.05) is 20.8 Å². The average Bonchev–Trinajstić information content (AvgIpc) is 3.00. The summed E-state index contributed by atoms with van der Waals surface area (Å²) in [5, 5.41) is 11.2. The van der Waals surface area contributed by atoms with Gasteiger partial charge in [-0.1, -0.05) is 0 Å². The molecule has 1 amide bonds. The maximum atomic E-state index is 12.6. The molecule has 156 valence electrons. The lowest BCUT2D eigenvalue weighted by atomic mass is 10.00. The average molecular weight is 448 g/mol. The summed E-state index contributed by atoms with van der Waals surface area (Å²) in [5.74, 6) is 0.356. The topological polar surface area (TPSA) is 88.9 Å². The van der Waals surface area contributed by atoms with E-state index in [1.165, 1.54) is 16.0 Å². The van der Waals surface area contributed by atoms with Crippen LogP contribution in [0.3, 0.4) is 0 Å². The van der Waals surface area contributed by atoms with Gasteiger partial charge >= 0.3 is 0 Å². The van der Waals surface area contributed by atoms with Gasteiger partial charge < -0.3 is 10.6 Å². The van der Waals surface area contributed by atoms with E-state index >= 15 is 0 Å². The number of thiazole rings is 1. The molecule has 2 aromatic heterocycles. The molecule has 0 saturated carbocycles. The number of amides is 1. The normalized spacial score (nSPS) is 16.1. The van der Waals surface area contributed by atoms with Gasteiger partial charge in [0.15, 0.2) is 0 Å². The monoisotopic (exact) mass is 447 g/mol. The third-order valence-electron chi connectivity index (χ3n) is 4.89. The van der Waals surface area contributed by atoms with Crippen LogP contribution in [0.2, 0.25) is 0 Å². The standard InChI is InChI=1S/C18H25N5O2S.2ClH/c1-10-11(2)22-23(4)18(25)14(10)17-21-12(3)15(26-17)16(24)20-9-13-6-5-7-19-8-13;;/h13,19H,5-9H2,1-4H3,(H,20,24);2*1H. The Kier molecular flexibility index (Phi) is 9.07. The van der Waals surface area contributed by atoms with Crippen molar-refractivity contribution in [3.8, 4) is 10.6 Å². The van der Waals surface area contributed by atoms with Gasteiger partial charge in [0, 0.05) is 13.6 Å². The molecule has 0 radical (unpaired) electrons. The lowest BCUT2D eigenvalue weighted by Crippen LogP contribution is -2.38. The Balaban J connectivity index is 0.00000196. The molecule has 1 fully saturated rings. The minimum absolute atomic E-state index is 0. The number of nitrogens with one attached hydrogen (secondary N) is 2. The van der Waals surface area contributed by atoms with Crippen molar-refractivity contribution in [1.29, 1.82) is 0 Å². The first-order valence-corrected chi connectivity index (χ1v) is 9.71. The number of rotatable bonds is 4. The van der Waals surface area contributed by atoms with Crippen LogP contribution in [-0.4, -0.2) is 40.3 Å². The van der Waals surface area contributed by atoms with Crippen LogP contribution >= 0.6 is 36.2 Å². The Morgan fingerprint density at radius 1 is 1.29 bits per heavy atom. The molecule has 3 rings (SSSR count). The van der Waals surface area contributed by atoms with Gasteiger partial charge in [-0.25, -0.2) is 9.67 Å². The van der Waals surface area contributed by atoms with Gasteiger partial charge in [-0.15, -0.1) is 36.2 Å². The molecule has 7 nitrogen and oxygen atoms in total. The van der Waals surface area contributed by atoms with Crippen LogP contribution in [0.1, 0.15) is 39.5 Å². The predicted molar refractivity (Wildman–Crippen MR) is 117 cm³/mol. The third-order valence-corrected chi connectivity index (χ3v) is 6.07. The number of halogens is 2. The Morgan fingerprint density at radius 3 is 2.64 bits per heavy atom. The van der Waals surface area contributed by atoms with Gasteiger partial charge in [-0.2, -0.15) is 5.10 Å². The molecular formula is C18H27Cl2N5O2S. The van der Waals surface area contributed by atoms with Crippen molar-refractivity contribution in [1.82, 2.24) is 25.4 Å². The summed E-state index contributed by atoms with van der Waals surface area (Å²) in [6.07, 6.45) is 2.28. The second-order valence-electron chi connectivity index (χ2n) is 6.87. The van der Waals surface area contributed by atoms with Gasteiger partial charge in [0.1, 0.15) is 9.88 Å². The van der Waals surface area contributed by atoms with Gasteiger partial charge in [-0.05, 0) is 58.2 Å². The summed E-state index contributed by atoms with van der Waals surface area (Å²) >= 11 is 1.27. The maximum absolute atomic E-state index is 12.6. The molecule has 1 aliphatic heterocycles. The fraction of sp³-hybridized carbons (Fsp3) is 0.556. The highest BCUT2D eigenvalue weighted by molar-refractivity contribution is 7.17. The molecule has 0 bridgehead atoms. The molecular weight excluding hydrogens is 421 g/mol. The van der Waals surface area contributed by atoms with Crippen LogP contribution in [0.4, 0.5) is 0 Å². The van der Waals surface area contributed by atoms with Crippen molar-refractivity contribution in [2.24, 2.45) is 13.0 Å². The van der Waals surface area contributed by atoms with Crippen LogP contribution in [0, 0.1) is 26.7 Å². The van der Waals surface area contributed by atoms with Crippen LogP contribution in [0.5, 0.6) is 0 Å². The molecule has 10 heteroatoms. The highest BCUT2D eigenvalue weighted by Gasteiger charge is 2.22. The van der Waals surface area contributed by atoms with E-state index in [1.54, 1.807) is 7.05 Å². The number of carbonyl (C=O) groups is 1. The Bertz CT molecular complexity index is 891. The van der Waals surface area contributed by atoms with E-state index in [2.05, 4.69) is 20.7 Å². The van der Waals surface area contributed by atoms with Gasteiger partial charge in [0.2, 0.25) is 0 Å². The second kappa shape index (κ2) is 10.3.